The summed E-state index contributed by atoms with van der Waals surface area (Å²) in [5.41, 5.74) is 5.67. The predicted octanol–water partition coefficient (Wildman–Crippen LogP) is 4.95. The van der Waals surface area contributed by atoms with Gasteiger partial charge in [0.2, 0.25) is 0 Å². The van der Waals surface area contributed by atoms with Crippen molar-refractivity contribution in [2.45, 2.75) is 79.7 Å². The standard InChI is InChI=1S/C28H41N3O3/c1-10-18(4)26(24-13-20(6)28(33)31(9)16-24)30-25-14-23(12-11-19(25)5)15-29-27(21(7)32)22(8)34-17(2)3/h11-14,16-18,21,27,29,32H,8,10,15H2,1-7,9H3/b30-26+. The van der Waals surface area contributed by atoms with Crippen molar-refractivity contribution in [2.75, 3.05) is 0 Å². The van der Waals surface area contributed by atoms with Gasteiger partial charge in [-0.05, 0) is 70.2 Å². The van der Waals surface area contributed by atoms with Gasteiger partial charge >= 0.3 is 0 Å². The van der Waals surface area contributed by atoms with E-state index in [1.54, 1.807) is 18.5 Å². The highest BCUT2D eigenvalue weighted by molar-refractivity contribution is 6.03. The van der Waals surface area contributed by atoms with E-state index < -0.39 is 6.10 Å². The van der Waals surface area contributed by atoms with Crippen molar-refractivity contribution in [1.29, 1.82) is 0 Å². The second-order valence-electron chi connectivity index (χ2n) is 9.49. The van der Waals surface area contributed by atoms with Gasteiger partial charge in [-0.15, -0.1) is 0 Å². The van der Waals surface area contributed by atoms with Gasteiger partial charge < -0.3 is 19.7 Å². The third-order valence-electron chi connectivity index (χ3n) is 5.99. The zero-order valence-electron chi connectivity index (χ0n) is 22.0. The normalized spacial score (nSPS) is 14.7. The van der Waals surface area contributed by atoms with Crippen LogP contribution in [0.25, 0.3) is 0 Å². The molecule has 186 valence electrons. The Balaban J connectivity index is 2.39. The summed E-state index contributed by atoms with van der Waals surface area (Å²) in [5.74, 6) is 0.758. The van der Waals surface area contributed by atoms with Crippen LogP contribution in [0.4, 0.5) is 5.69 Å². The predicted molar refractivity (Wildman–Crippen MR) is 141 cm³/mol. The van der Waals surface area contributed by atoms with Crippen LogP contribution in [0.1, 0.15) is 63.3 Å². The molecule has 1 aromatic carbocycles. The summed E-state index contributed by atoms with van der Waals surface area (Å²) in [7, 11) is 1.78. The zero-order chi connectivity index (χ0) is 25.6. The number of nitrogens with one attached hydrogen (secondary N) is 1. The number of aryl methyl sites for hydroxylation is 3. The molecule has 0 saturated heterocycles. The van der Waals surface area contributed by atoms with E-state index in [-0.39, 0.29) is 23.6 Å². The highest BCUT2D eigenvalue weighted by atomic mass is 16.5. The van der Waals surface area contributed by atoms with Gasteiger partial charge in [0.15, 0.2) is 0 Å². The molecule has 34 heavy (non-hydrogen) atoms. The van der Waals surface area contributed by atoms with Gasteiger partial charge in [-0.2, -0.15) is 0 Å². The molecule has 0 saturated carbocycles. The quantitative estimate of drug-likeness (QED) is 0.362. The molecule has 2 aromatic rings. The number of aromatic nitrogens is 1. The SMILES string of the molecule is C=C(OC(C)C)C(NCc1ccc(C)c(/N=C(/c2cc(C)c(=O)n(C)c2)C(C)CC)c1)C(C)O. The van der Waals surface area contributed by atoms with E-state index in [4.69, 9.17) is 9.73 Å². The molecular formula is C28H41N3O3. The average Bonchev–Trinajstić information content (AvgIpc) is 2.76. The molecule has 6 heteroatoms. The van der Waals surface area contributed by atoms with E-state index in [0.717, 1.165) is 34.5 Å². The molecule has 0 aliphatic heterocycles. The first-order valence-electron chi connectivity index (χ1n) is 12.1. The molecule has 0 aliphatic carbocycles. The maximum atomic E-state index is 12.2. The fourth-order valence-corrected chi connectivity index (χ4v) is 3.84. The minimum atomic E-state index is -0.640. The van der Waals surface area contributed by atoms with Crippen LogP contribution >= 0.6 is 0 Å². The molecule has 3 atom stereocenters. The average molecular weight is 468 g/mol. The molecule has 0 fully saturated rings. The third-order valence-corrected chi connectivity index (χ3v) is 5.99. The minimum Gasteiger partial charge on any atom is -0.494 e. The summed E-state index contributed by atoms with van der Waals surface area (Å²) in [5, 5.41) is 13.6. The molecule has 0 bridgehead atoms. The number of ether oxygens (including phenoxy) is 1. The maximum absolute atomic E-state index is 12.2. The monoisotopic (exact) mass is 467 g/mol. The van der Waals surface area contributed by atoms with Gasteiger partial charge in [0, 0.05) is 30.9 Å². The Bertz CT molecular complexity index is 1060. The summed E-state index contributed by atoms with van der Waals surface area (Å²) >= 11 is 0. The van der Waals surface area contributed by atoms with E-state index in [0.29, 0.717) is 17.9 Å². The van der Waals surface area contributed by atoms with Crippen molar-refractivity contribution >= 4 is 11.4 Å². The Morgan fingerprint density at radius 2 is 1.85 bits per heavy atom. The van der Waals surface area contributed by atoms with Gasteiger partial charge in [0.05, 0.1) is 29.6 Å². The van der Waals surface area contributed by atoms with E-state index in [2.05, 4.69) is 43.9 Å². The topological polar surface area (TPSA) is 75.8 Å². The molecule has 1 aromatic heterocycles. The highest BCUT2D eigenvalue weighted by Crippen LogP contribution is 2.25. The van der Waals surface area contributed by atoms with Crippen LogP contribution in [0.3, 0.4) is 0 Å². The third kappa shape index (κ3) is 7.15. The van der Waals surface area contributed by atoms with Crippen LogP contribution < -0.4 is 10.9 Å². The summed E-state index contributed by atoms with van der Waals surface area (Å²) in [6.45, 7) is 18.3. The minimum absolute atomic E-state index is 0.00374. The van der Waals surface area contributed by atoms with E-state index in [1.165, 1.54) is 0 Å². The van der Waals surface area contributed by atoms with Crippen molar-refractivity contribution in [1.82, 2.24) is 9.88 Å². The van der Waals surface area contributed by atoms with Crippen molar-refractivity contribution in [3.63, 3.8) is 0 Å². The number of nitrogens with zero attached hydrogens (tertiary/aromatic N) is 2. The first-order valence-corrected chi connectivity index (χ1v) is 12.1. The van der Waals surface area contributed by atoms with Gasteiger partial charge in [-0.1, -0.05) is 32.6 Å². The van der Waals surface area contributed by atoms with Crippen molar-refractivity contribution in [2.24, 2.45) is 18.0 Å². The summed E-state index contributed by atoms with van der Waals surface area (Å²) in [4.78, 5) is 17.3. The molecule has 2 N–H and O–H groups in total. The summed E-state index contributed by atoms with van der Waals surface area (Å²) in [6.07, 6.45) is 2.17. The van der Waals surface area contributed by atoms with Crippen LogP contribution in [0.5, 0.6) is 0 Å². The second-order valence-corrected chi connectivity index (χ2v) is 9.49. The van der Waals surface area contributed by atoms with Crippen molar-refractivity contribution in [3.8, 4) is 0 Å². The van der Waals surface area contributed by atoms with E-state index in [1.807, 2.05) is 40.0 Å². The Kier molecular flexibility index (Phi) is 9.83. The lowest BCUT2D eigenvalue weighted by Crippen LogP contribution is -2.40. The summed E-state index contributed by atoms with van der Waals surface area (Å²) in [6, 6.07) is 7.75. The van der Waals surface area contributed by atoms with Crippen LogP contribution in [0.15, 0.2) is 52.6 Å². The Morgan fingerprint density at radius 1 is 1.18 bits per heavy atom. The number of aliphatic imine (C=N–C) groups is 1. The molecular weight excluding hydrogens is 426 g/mol. The number of aliphatic hydroxyl groups is 1. The number of rotatable bonds is 11. The van der Waals surface area contributed by atoms with Crippen molar-refractivity contribution in [3.05, 3.63) is 75.4 Å². The molecule has 0 radical (unpaired) electrons. The van der Waals surface area contributed by atoms with E-state index >= 15 is 0 Å². The van der Waals surface area contributed by atoms with Crippen LogP contribution in [0, 0.1) is 19.8 Å². The Hall–Kier alpha value is -2.70. The first kappa shape index (κ1) is 27.5. The smallest absolute Gasteiger partial charge is 0.253 e. The lowest BCUT2D eigenvalue weighted by molar-refractivity contribution is 0.0815. The lowest BCUT2D eigenvalue weighted by Gasteiger charge is -2.25. The number of aliphatic hydroxyl groups excluding tert-OH is 1. The summed E-state index contributed by atoms with van der Waals surface area (Å²) < 4.78 is 7.33. The molecule has 0 aliphatic rings. The largest absolute Gasteiger partial charge is 0.494 e. The molecule has 0 amide bonds. The first-order chi connectivity index (χ1) is 15.9. The van der Waals surface area contributed by atoms with Gasteiger partial charge in [0.25, 0.3) is 5.56 Å². The van der Waals surface area contributed by atoms with Crippen LogP contribution in [0.2, 0.25) is 0 Å². The maximum Gasteiger partial charge on any atom is 0.253 e. The van der Waals surface area contributed by atoms with Crippen LogP contribution in [-0.4, -0.2) is 33.6 Å². The highest BCUT2D eigenvalue weighted by Gasteiger charge is 2.20. The fraction of sp³-hybridized carbons (Fsp3) is 0.500. The molecule has 0 spiro atoms. The number of hydrogen-bond acceptors (Lipinski definition) is 5. The molecule has 2 rings (SSSR count). The van der Waals surface area contributed by atoms with Gasteiger partial charge in [-0.3, -0.25) is 9.79 Å². The van der Waals surface area contributed by atoms with Gasteiger partial charge in [-0.25, -0.2) is 0 Å². The van der Waals surface area contributed by atoms with Crippen LogP contribution in [-0.2, 0) is 18.3 Å². The van der Waals surface area contributed by atoms with Crippen molar-refractivity contribution < 1.29 is 9.84 Å². The zero-order valence-corrected chi connectivity index (χ0v) is 22.0. The molecule has 3 unspecified atom stereocenters. The van der Waals surface area contributed by atoms with E-state index in [9.17, 15) is 9.90 Å². The lowest BCUT2D eigenvalue weighted by atomic mass is 9.96. The Morgan fingerprint density at radius 3 is 2.41 bits per heavy atom. The van der Waals surface area contributed by atoms with Gasteiger partial charge in [0.1, 0.15) is 5.76 Å². The fourth-order valence-electron chi connectivity index (χ4n) is 3.84. The number of benzene rings is 1. The number of hydrogen-bond donors (Lipinski definition) is 2. The molecule has 1 heterocycles. The number of pyridine rings is 1. The molecule has 6 nitrogen and oxygen atoms in total. The second kappa shape index (κ2) is 12.1. The Labute approximate surface area is 204 Å².